The van der Waals surface area contributed by atoms with E-state index in [4.69, 9.17) is 0 Å². The summed E-state index contributed by atoms with van der Waals surface area (Å²) in [6.07, 6.45) is 8.68. The number of carbonyl (C=O) groups excluding carboxylic acids is 2. The number of carbonyl (C=O) groups is 2. The Morgan fingerprint density at radius 2 is 1.64 bits per heavy atom. The Labute approximate surface area is 148 Å². The maximum atomic E-state index is 12.6. The molecule has 0 N–H and O–H groups in total. The molecular formula is C21H24N2O2. The summed E-state index contributed by atoms with van der Waals surface area (Å²) < 4.78 is 0. The maximum absolute atomic E-state index is 12.6. The topological polar surface area (TPSA) is 40.6 Å². The van der Waals surface area contributed by atoms with Crippen LogP contribution in [0.4, 0.5) is 0 Å². The summed E-state index contributed by atoms with van der Waals surface area (Å²) in [5, 5.41) is 0. The second-order valence-corrected chi connectivity index (χ2v) is 7.32. The molecule has 2 amide bonds. The highest BCUT2D eigenvalue weighted by atomic mass is 16.2. The van der Waals surface area contributed by atoms with Gasteiger partial charge < -0.3 is 0 Å². The van der Waals surface area contributed by atoms with Gasteiger partial charge in [-0.2, -0.15) is 0 Å². The van der Waals surface area contributed by atoms with E-state index in [0.717, 1.165) is 19.5 Å². The number of allylic oxidation sites excluding steroid dienone is 2. The van der Waals surface area contributed by atoms with Crippen molar-refractivity contribution in [1.82, 2.24) is 9.80 Å². The summed E-state index contributed by atoms with van der Waals surface area (Å²) >= 11 is 0. The summed E-state index contributed by atoms with van der Waals surface area (Å²) in [6, 6.07) is 8.61. The summed E-state index contributed by atoms with van der Waals surface area (Å²) in [7, 11) is 0. The van der Waals surface area contributed by atoms with E-state index in [2.05, 4.69) is 42.2 Å². The highest BCUT2D eigenvalue weighted by Gasteiger charge is 2.47. The van der Waals surface area contributed by atoms with Crippen LogP contribution in [0, 0.1) is 18.8 Å². The molecule has 4 rings (SSSR count). The summed E-state index contributed by atoms with van der Waals surface area (Å²) in [4.78, 5) is 28.8. The standard InChI is InChI=1S/C21H24N2O2/c1-15-6-8-16(9-7-15)17-10-12-22(13-11-17)14-23-20(24)18-4-2-3-5-19(18)21(23)25/h2-3,6-10,18-19H,4-5,11-14H2,1H3/t18-,19+. The first-order chi connectivity index (χ1) is 12.1. The van der Waals surface area contributed by atoms with Gasteiger partial charge in [-0.05, 0) is 37.3 Å². The van der Waals surface area contributed by atoms with Gasteiger partial charge in [0.05, 0.1) is 18.5 Å². The van der Waals surface area contributed by atoms with Crippen LogP contribution in [0.1, 0.15) is 30.4 Å². The van der Waals surface area contributed by atoms with Crippen LogP contribution in [0.25, 0.3) is 5.57 Å². The molecule has 1 aliphatic carbocycles. The number of likely N-dealkylation sites (tertiary alicyclic amines) is 1. The van der Waals surface area contributed by atoms with Crippen LogP contribution in [0.2, 0.25) is 0 Å². The van der Waals surface area contributed by atoms with Gasteiger partial charge in [-0.1, -0.05) is 48.1 Å². The molecule has 1 fully saturated rings. The van der Waals surface area contributed by atoms with E-state index in [1.165, 1.54) is 21.6 Å². The highest BCUT2D eigenvalue weighted by molar-refractivity contribution is 6.05. The largest absolute Gasteiger partial charge is 0.282 e. The molecule has 2 aliphatic heterocycles. The smallest absolute Gasteiger partial charge is 0.234 e. The fourth-order valence-corrected chi connectivity index (χ4v) is 4.08. The van der Waals surface area contributed by atoms with Crippen LogP contribution < -0.4 is 0 Å². The van der Waals surface area contributed by atoms with Crippen molar-refractivity contribution in [2.45, 2.75) is 26.2 Å². The molecule has 130 valence electrons. The van der Waals surface area contributed by atoms with Crippen molar-refractivity contribution in [3.63, 3.8) is 0 Å². The fourth-order valence-electron chi connectivity index (χ4n) is 4.08. The number of rotatable bonds is 3. The Hall–Kier alpha value is -2.20. The number of hydrogen-bond donors (Lipinski definition) is 0. The minimum absolute atomic E-state index is 0.0210. The van der Waals surface area contributed by atoms with E-state index in [9.17, 15) is 9.59 Å². The Morgan fingerprint density at radius 1 is 1.00 bits per heavy atom. The Kier molecular flexibility index (Phi) is 4.30. The average molecular weight is 336 g/mol. The van der Waals surface area contributed by atoms with Crippen molar-refractivity contribution in [2.75, 3.05) is 19.8 Å². The van der Waals surface area contributed by atoms with E-state index in [1.54, 1.807) is 0 Å². The lowest BCUT2D eigenvalue weighted by molar-refractivity contribution is -0.142. The molecule has 0 bridgehead atoms. The quantitative estimate of drug-likeness (QED) is 0.629. The molecule has 1 saturated heterocycles. The number of amides is 2. The van der Waals surface area contributed by atoms with Gasteiger partial charge in [-0.15, -0.1) is 0 Å². The van der Waals surface area contributed by atoms with E-state index < -0.39 is 0 Å². The molecule has 25 heavy (non-hydrogen) atoms. The minimum atomic E-state index is -0.124. The molecule has 2 heterocycles. The van der Waals surface area contributed by atoms with Gasteiger partial charge in [-0.3, -0.25) is 19.4 Å². The molecule has 4 nitrogen and oxygen atoms in total. The van der Waals surface area contributed by atoms with Crippen molar-refractivity contribution < 1.29 is 9.59 Å². The van der Waals surface area contributed by atoms with Gasteiger partial charge in [0.1, 0.15) is 0 Å². The van der Waals surface area contributed by atoms with Gasteiger partial charge in [0.25, 0.3) is 0 Å². The van der Waals surface area contributed by atoms with Gasteiger partial charge >= 0.3 is 0 Å². The molecule has 2 atom stereocenters. The lowest BCUT2D eigenvalue weighted by atomic mass is 9.85. The zero-order valence-electron chi connectivity index (χ0n) is 14.6. The predicted molar refractivity (Wildman–Crippen MR) is 97.4 cm³/mol. The zero-order chi connectivity index (χ0) is 17.4. The predicted octanol–water partition coefficient (Wildman–Crippen LogP) is 2.99. The third kappa shape index (κ3) is 3.07. The SMILES string of the molecule is Cc1ccc(C2=CCN(CN3C(=O)[C@H]4CC=CC[C@H]4C3=O)CC2)cc1. The molecule has 1 aromatic carbocycles. The molecule has 1 aromatic rings. The van der Waals surface area contributed by atoms with Crippen molar-refractivity contribution in [1.29, 1.82) is 0 Å². The Bertz CT molecular complexity index is 722. The van der Waals surface area contributed by atoms with Crippen LogP contribution >= 0.6 is 0 Å². The van der Waals surface area contributed by atoms with Crippen molar-refractivity contribution in [3.8, 4) is 0 Å². The molecule has 4 heteroatoms. The molecule has 0 unspecified atom stereocenters. The number of imide groups is 1. The lowest BCUT2D eigenvalue weighted by Crippen LogP contribution is -2.43. The monoisotopic (exact) mass is 336 g/mol. The van der Waals surface area contributed by atoms with Crippen LogP contribution in [-0.4, -0.2) is 41.4 Å². The lowest BCUT2D eigenvalue weighted by Gasteiger charge is -2.29. The number of benzene rings is 1. The van der Waals surface area contributed by atoms with Crippen molar-refractivity contribution in [2.24, 2.45) is 11.8 Å². The second-order valence-electron chi connectivity index (χ2n) is 7.32. The van der Waals surface area contributed by atoms with Crippen molar-refractivity contribution >= 4 is 17.4 Å². The summed E-state index contributed by atoms with van der Waals surface area (Å²) in [5.74, 6) is -0.206. The van der Waals surface area contributed by atoms with E-state index >= 15 is 0 Å². The molecular weight excluding hydrogens is 312 g/mol. The Morgan fingerprint density at radius 3 is 2.20 bits per heavy atom. The molecule has 3 aliphatic rings. The number of aryl methyl sites for hydroxylation is 1. The normalized spacial score (nSPS) is 26.8. The van der Waals surface area contributed by atoms with E-state index in [-0.39, 0.29) is 23.7 Å². The van der Waals surface area contributed by atoms with Gasteiger partial charge in [0.2, 0.25) is 11.8 Å². The maximum Gasteiger partial charge on any atom is 0.234 e. The summed E-state index contributed by atoms with van der Waals surface area (Å²) in [5.41, 5.74) is 3.90. The van der Waals surface area contributed by atoms with E-state index in [0.29, 0.717) is 19.5 Å². The first-order valence-corrected chi connectivity index (χ1v) is 9.12. The van der Waals surface area contributed by atoms with Crippen LogP contribution in [-0.2, 0) is 9.59 Å². The first kappa shape index (κ1) is 16.3. The third-order valence-corrected chi connectivity index (χ3v) is 5.66. The third-order valence-electron chi connectivity index (χ3n) is 5.66. The highest BCUT2D eigenvalue weighted by Crippen LogP contribution is 2.35. The molecule has 0 saturated carbocycles. The second kappa shape index (κ2) is 6.60. The van der Waals surface area contributed by atoms with Crippen molar-refractivity contribution in [3.05, 3.63) is 53.6 Å². The Balaban J connectivity index is 1.41. The van der Waals surface area contributed by atoms with Crippen LogP contribution in [0.5, 0.6) is 0 Å². The number of fused-ring (bicyclic) bond motifs is 1. The first-order valence-electron chi connectivity index (χ1n) is 9.12. The minimum Gasteiger partial charge on any atom is -0.282 e. The number of hydrogen-bond acceptors (Lipinski definition) is 3. The number of nitrogens with zero attached hydrogens (tertiary/aromatic N) is 2. The van der Waals surface area contributed by atoms with E-state index in [1.807, 2.05) is 12.2 Å². The van der Waals surface area contributed by atoms with Crippen LogP contribution in [0.3, 0.4) is 0 Å². The summed E-state index contributed by atoms with van der Waals surface area (Å²) in [6.45, 7) is 4.19. The molecule has 0 aromatic heterocycles. The van der Waals surface area contributed by atoms with Gasteiger partial charge in [0.15, 0.2) is 0 Å². The van der Waals surface area contributed by atoms with Gasteiger partial charge in [0, 0.05) is 13.1 Å². The zero-order valence-corrected chi connectivity index (χ0v) is 14.6. The van der Waals surface area contributed by atoms with Crippen LogP contribution in [0.15, 0.2) is 42.5 Å². The van der Waals surface area contributed by atoms with Gasteiger partial charge in [-0.25, -0.2) is 0 Å². The molecule has 0 radical (unpaired) electrons. The molecule has 0 spiro atoms. The fraction of sp³-hybridized carbons (Fsp3) is 0.429. The average Bonchev–Trinajstić information content (AvgIpc) is 2.88.